The lowest BCUT2D eigenvalue weighted by molar-refractivity contribution is -0.122. The number of rotatable bonds is 38. The van der Waals surface area contributed by atoms with E-state index in [2.05, 4.69) is 31.1 Å². The lowest BCUT2D eigenvalue weighted by Crippen LogP contribution is -2.26. The normalized spacial score (nSPS) is 18.7. The minimum atomic E-state index is -4.42. The van der Waals surface area contributed by atoms with Crippen molar-refractivity contribution in [2.45, 2.75) is 197 Å². The molecular formula is C64H99N5O19P2S12. The van der Waals surface area contributed by atoms with Gasteiger partial charge in [-0.25, -0.2) is 17.8 Å². The number of anilines is 3. The first-order valence-corrected chi connectivity index (χ1v) is 52.4. The highest BCUT2D eigenvalue weighted by Crippen LogP contribution is 2.43. The lowest BCUT2D eigenvalue weighted by atomic mass is 10.1. The van der Waals surface area contributed by atoms with Crippen LogP contribution in [0, 0.1) is 0 Å². The summed E-state index contributed by atoms with van der Waals surface area (Å²) in [6, 6.07) is 18.1. The SMILES string of the molecule is CS(=O)(=O)c1ccc(NC(=O)CCCCC2CCSS2)cc1.O=C(CCCCC1CCSS1)NCCOP(=O)(O)O.O=C(CCCCC1CCSS1)NCCP(=O)(O)O.O=C(CCCCC1CCSS1)Nc1ccc(C(=O)O)cc1.O=C(CCCCC1CCSS1)Nc1cccc(S(=O)(=O)O)c1. The summed E-state index contributed by atoms with van der Waals surface area (Å²) in [5.41, 5.74) is 1.88. The van der Waals surface area contributed by atoms with Crippen molar-refractivity contribution in [1.29, 1.82) is 0 Å². The summed E-state index contributed by atoms with van der Waals surface area (Å²) in [6.45, 7) is 0.00322. The van der Waals surface area contributed by atoms with Crippen LogP contribution < -0.4 is 26.6 Å². The van der Waals surface area contributed by atoms with Gasteiger partial charge in [-0.1, -0.05) is 146 Å². The number of carbonyl (C=O) groups excluding carboxylic acids is 5. The van der Waals surface area contributed by atoms with Crippen molar-refractivity contribution in [3.63, 3.8) is 0 Å². The molecule has 5 atom stereocenters. The third-order valence-electron chi connectivity index (χ3n) is 15.3. The van der Waals surface area contributed by atoms with Crippen LogP contribution in [0.25, 0.3) is 0 Å². The maximum Gasteiger partial charge on any atom is 0.469 e. The first-order chi connectivity index (χ1) is 48.5. The molecule has 5 saturated heterocycles. The number of carboxylic acid groups (broad SMARTS) is 1. The Morgan fingerprint density at radius 2 is 0.804 bits per heavy atom. The van der Waals surface area contributed by atoms with Crippen LogP contribution in [0.15, 0.2) is 82.6 Å². The Hall–Kier alpha value is -1.90. The largest absolute Gasteiger partial charge is 0.478 e. The van der Waals surface area contributed by atoms with E-state index in [0.29, 0.717) is 49.2 Å². The van der Waals surface area contributed by atoms with Crippen LogP contribution in [0.2, 0.25) is 0 Å². The maximum atomic E-state index is 11.9. The molecule has 0 spiro atoms. The van der Waals surface area contributed by atoms with E-state index in [4.69, 9.17) is 29.2 Å². The summed E-state index contributed by atoms with van der Waals surface area (Å²) in [5.74, 6) is 4.86. The van der Waals surface area contributed by atoms with E-state index in [-0.39, 0.29) is 70.7 Å². The lowest BCUT2D eigenvalue weighted by Gasteiger charge is -2.08. The number of benzene rings is 3. The fourth-order valence-electron chi connectivity index (χ4n) is 9.87. The second-order valence-corrected chi connectivity index (χ2v) is 44.5. The van der Waals surface area contributed by atoms with Gasteiger partial charge in [-0.15, -0.1) is 0 Å². The average molecular weight is 1690 g/mol. The van der Waals surface area contributed by atoms with Gasteiger partial charge in [0, 0.05) is 124 Å². The van der Waals surface area contributed by atoms with Crippen molar-refractivity contribution < 1.29 is 88.5 Å². The zero-order valence-electron chi connectivity index (χ0n) is 57.1. The molecular weight excluding hydrogens is 1590 g/mol. The highest BCUT2D eigenvalue weighted by atomic mass is 33.1. The molecule has 8 rings (SSSR count). The molecule has 5 aliphatic heterocycles. The van der Waals surface area contributed by atoms with Gasteiger partial charge >= 0.3 is 21.4 Å². The van der Waals surface area contributed by atoms with Gasteiger partial charge in [-0.2, -0.15) is 8.42 Å². The topological polar surface area (TPSA) is 396 Å². The van der Waals surface area contributed by atoms with Gasteiger partial charge in [0.15, 0.2) is 9.84 Å². The fraction of sp³-hybridized carbons (Fsp3) is 0.625. The second-order valence-electron chi connectivity index (χ2n) is 24.1. The van der Waals surface area contributed by atoms with Gasteiger partial charge in [0.05, 0.1) is 28.1 Å². The molecule has 5 heterocycles. The van der Waals surface area contributed by atoms with Crippen LogP contribution in [-0.4, -0.2) is 169 Å². The molecule has 38 heteroatoms. The Kier molecular flexibility index (Phi) is 47.4. The molecule has 0 saturated carbocycles. The van der Waals surface area contributed by atoms with Gasteiger partial charge in [0.1, 0.15) is 0 Å². The van der Waals surface area contributed by atoms with Crippen LogP contribution in [0.3, 0.4) is 0 Å². The van der Waals surface area contributed by atoms with Gasteiger partial charge in [0.25, 0.3) is 10.1 Å². The number of hydrogen-bond donors (Lipinski definition) is 11. The number of phosphoric acid groups is 1. The van der Waals surface area contributed by atoms with Crippen LogP contribution in [0.5, 0.6) is 0 Å². The van der Waals surface area contributed by atoms with E-state index in [0.717, 1.165) is 110 Å². The first-order valence-electron chi connectivity index (χ1n) is 33.8. The summed E-state index contributed by atoms with van der Waals surface area (Å²) < 4.78 is 78.9. The summed E-state index contributed by atoms with van der Waals surface area (Å²) in [6.07, 6.45) is 25.1. The number of unbranched alkanes of at least 4 members (excludes halogenated alkanes) is 5. The Morgan fingerprint density at radius 1 is 0.461 bits per heavy atom. The number of phosphoric ester groups is 1. The second kappa shape index (κ2) is 52.3. The predicted octanol–water partition coefficient (Wildman–Crippen LogP) is 15.3. The predicted molar refractivity (Wildman–Crippen MR) is 431 cm³/mol. The summed E-state index contributed by atoms with van der Waals surface area (Å²) in [7, 11) is 3.60. The molecule has 576 valence electrons. The van der Waals surface area contributed by atoms with E-state index in [1.54, 1.807) is 30.3 Å². The summed E-state index contributed by atoms with van der Waals surface area (Å²) >= 11 is 0. The van der Waals surface area contributed by atoms with E-state index >= 15 is 0 Å². The zero-order valence-corrected chi connectivity index (χ0v) is 68.7. The average Bonchev–Trinajstić information content (AvgIpc) is 1.18. The maximum absolute atomic E-state index is 11.9. The van der Waals surface area contributed by atoms with Crippen molar-refractivity contribution >= 4 is 196 Å². The molecule has 5 unspecified atom stereocenters. The molecule has 0 aliphatic carbocycles. The van der Waals surface area contributed by atoms with Crippen LogP contribution in [0.4, 0.5) is 17.1 Å². The van der Waals surface area contributed by atoms with Gasteiger partial charge in [-0.3, -0.25) is 37.6 Å². The first kappa shape index (κ1) is 92.5. The molecule has 5 aliphatic rings. The summed E-state index contributed by atoms with van der Waals surface area (Å²) in [5, 5.41) is 25.9. The van der Waals surface area contributed by atoms with Crippen molar-refractivity contribution in [1.82, 2.24) is 10.6 Å². The quantitative estimate of drug-likeness (QED) is 0.0110. The van der Waals surface area contributed by atoms with Gasteiger partial charge in [-0.05, 0) is 163 Å². The van der Waals surface area contributed by atoms with E-state index < -0.39 is 41.3 Å². The number of carboxylic acids is 1. The van der Waals surface area contributed by atoms with Crippen LogP contribution in [-0.2, 0) is 57.6 Å². The number of sulfone groups is 1. The molecule has 3 aromatic rings. The standard InChI is InChI=1S/C15H21NO3S3.C15H19NO3S2.C14H19NO4S3.C10H20NO5PS2.C10H20NO4PS2/c1-22(18,19)14-8-6-12(7-9-14)16-15(17)5-3-2-4-13-10-11-20-21-13;17-14(4-2-1-3-13-9-10-20-21-13)16-12-7-5-11(6-8-12)15(18)19;16-14(7-2-1-5-12-8-9-20-21-12)15-11-4-3-6-13(10-11)22(17,18)19;12-10(11-6-7-16-17(13,14)15)4-2-1-3-9-5-8-18-19-9;12-10(11-6-7-16(13,14)15)4-2-1-3-9-5-8-17-18-9/h6-9,13H,2-5,10-11H2,1H3,(H,16,17);5-8,13H,1-4,9-10H2,(H,16,17)(H,18,19);3-4,6,10,12H,1-2,5,7-9H2,(H,15,16)(H,17,18,19);9H,1-8H2,(H,11,12)(H2,13,14,15);9H,1-8H2,(H,11,12)(H2,13,14,15). The zero-order chi connectivity index (χ0) is 74.7. The molecule has 0 bridgehead atoms. The van der Waals surface area contributed by atoms with Crippen LogP contribution >= 0.6 is 123 Å². The Labute approximate surface area is 641 Å². The number of hydrogen-bond acceptors (Lipinski definition) is 23. The highest BCUT2D eigenvalue weighted by Gasteiger charge is 2.22. The van der Waals surface area contributed by atoms with Crippen molar-refractivity contribution in [2.75, 3.05) is 76.8 Å². The van der Waals surface area contributed by atoms with Crippen molar-refractivity contribution in [3.05, 3.63) is 78.4 Å². The Balaban J connectivity index is 0.000000271. The molecule has 0 aromatic heterocycles. The molecule has 0 radical (unpaired) electrons. The minimum absolute atomic E-state index is 0.00785. The van der Waals surface area contributed by atoms with E-state index in [1.165, 1.54) is 122 Å². The Morgan fingerprint density at radius 3 is 1.12 bits per heavy atom. The fourth-order valence-corrected chi connectivity index (χ4v) is 26.9. The van der Waals surface area contributed by atoms with Crippen molar-refractivity contribution in [2.24, 2.45) is 0 Å². The molecule has 24 nitrogen and oxygen atoms in total. The third-order valence-corrected chi connectivity index (χ3v) is 33.7. The molecule has 5 amide bonds. The van der Waals surface area contributed by atoms with Gasteiger partial charge < -0.3 is 51.3 Å². The monoisotopic (exact) mass is 1690 g/mol. The Bertz CT molecular complexity index is 3300. The molecule has 5 fully saturated rings. The van der Waals surface area contributed by atoms with Crippen LogP contribution in [0.1, 0.15) is 171 Å². The number of nitrogens with one attached hydrogen (secondary N) is 5. The number of carbonyl (C=O) groups is 6. The van der Waals surface area contributed by atoms with Gasteiger partial charge in [0.2, 0.25) is 29.5 Å². The number of aromatic carboxylic acids is 1. The van der Waals surface area contributed by atoms with E-state index in [9.17, 15) is 54.7 Å². The summed E-state index contributed by atoms with van der Waals surface area (Å²) in [4.78, 5) is 103. The van der Waals surface area contributed by atoms with Crippen molar-refractivity contribution in [3.8, 4) is 0 Å². The third kappa shape index (κ3) is 46.5. The smallest absolute Gasteiger partial charge is 0.469 e. The van der Waals surface area contributed by atoms with E-state index in [1.807, 2.05) is 108 Å². The number of amides is 5. The highest BCUT2D eigenvalue weighted by molar-refractivity contribution is 8.78. The minimum Gasteiger partial charge on any atom is -0.478 e. The molecule has 11 N–H and O–H groups in total. The molecule has 3 aromatic carbocycles. The molecule has 102 heavy (non-hydrogen) atoms.